The molecule has 0 bridgehead atoms. The highest BCUT2D eigenvalue weighted by Gasteiger charge is 2.17. The van der Waals surface area contributed by atoms with Gasteiger partial charge in [-0.25, -0.2) is 0 Å². The highest BCUT2D eigenvalue weighted by Crippen LogP contribution is 2.24. The molecule has 6 nitrogen and oxygen atoms in total. The minimum Gasteiger partial charge on any atom is -0.326 e. The predicted molar refractivity (Wildman–Crippen MR) is 172 cm³/mol. The summed E-state index contributed by atoms with van der Waals surface area (Å²) in [5, 5.41) is 6.50. The molecule has 6 unspecified atom stereocenters. The molecule has 1 saturated heterocycles. The summed E-state index contributed by atoms with van der Waals surface area (Å²) >= 11 is 0. The van der Waals surface area contributed by atoms with Crippen LogP contribution < -0.4 is 33.6 Å². The van der Waals surface area contributed by atoms with Crippen molar-refractivity contribution in [3.05, 3.63) is 108 Å². The van der Waals surface area contributed by atoms with Crippen LogP contribution in [0.3, 0.4) is 0 Å². The van der Waals surface area contributed by atoms with E-state index in [-0.39, 0.29) is 24.2 Å². The van der Waals surface area contributed by atoms with Gasteiger partial charge in [0.05, 0.1) is 0 Å². The molecule has 40 heavy (non-hydrogen) atoms. The quantitative estimate of drug-likeness (QED) is 0.257. The Morgan fingerprint density at radius 2 is 1.05 bits per heavy atom. The van der Waals surface area contributed by atoms with Crippen molar-refractivity contribution in [2.24, 2.45) is 22.9 Å². The number of benzene rings is 3. The molecule has 220 valence electrons. The molecule has 3 aromatic carbocycles. The van der Waals surface area contributed by atoms with E-state index in [1.54, 1.807) is 0 Å². The highest BCUT2D eigenvalue weighted by atomic mass is 14.9. The average molecular weight is 547 g/mol. The zero-order valence-corrected chi connectivity index (χ0v) is 24.9. The number of rotatable bonds is 5. The van der Waals surface area contributed by atoms with Crippen molar-refractivity contribution in [1.82, 2.24) is 10.6 Å². The first-order valence-electron chi connectivity index (χ1n) is 14.9. The van der Waals surface area contributed by atoms with Crippen LogP contribution in [0.4, 0.5) is 0 Å². The molecule has 1 aliphatic carbocycles. The summed E-state index contributed by atoms with van der Waals surface area (Å²) in [4.78, 5) is 0. The van der Waals surface area contributed by atoms with Gasteiger partial charge in [0.1, 0.15) is 0 Å². The van der Waals surface area contributed by atoms with E-state index in [1.165, 1.54) is 37.8 Å². The third-order valence-corrected chi connectivity index (χ3v) is 7.67. The van der Waals surface area contributed by atoms with Crippen LogP contribution in [0.25, 0.3) is 0 Å². The summed E-state index contributed by atoms with van der Waals surface area (Å²) in [5.41, 5.74) is 27.1. The summed E-state index contributed by atoms with van der Waals surface area (Å²) in [6, 6.07) is 31.8. The molecule has 10 N–H and O–H groups in total. The van der Waals surface area contributed by atoms with Crippen molar-refractivity contribution in [3.63, 3.8) is 0 Å². The van der Waals surface area contributed by atoms with Crippen LogP contribution in [0, 0.1) is 0 Å². The number of hydrogen-bond acceptors (Lipinski definition) is 6. The maximum absolute atomic E-state index is 6.15. The van der Waals surface area contributed by atoms with E-state index in [0.717, 1.165) is 30.0 Å². The molecule has 5 rings (SSSR count). The normalized spacial score (nSPS) is 22.1. The number of nitrogens with one attached hydrogen (secondary N) is 2. The minimum atomic E-state index is -0.163. The lowest BCUT2D eigenvalue weighted by Crippen LogP contribution is -2.43. The first-order valence-corrected chi connectivity index (χ1v) is 14.9. The van der Waals surface area contributed by atoms with E-state index < -0.39 is 0 Å². The first kappa shape index (κ1) is 33.6. The Balaban J connectivity index is 0.000000201. The van der Waals surface area contributed by atoms with Crippen molar-refractivity contribution in [2.45, 2.75) is 88.6 Å². The minimum absolute atomic E-state index is 0.163. The maximum Gasteiger partial charge on any atom is 0.0491 e. The van der Waals surface area contributed by atoms with Gasteiger partial charge in [-0.1, -0.05) is 104 Å². The number of nitrogens with two attached hydrogens (primary N) is 4. The molecule has 2 fully saturated rings. The van der Waals surface area contributed by atoms with Crippen LogP contribution >= 0.6 is 0 Å². The van der Waals surface area contributed by atoms with Gasteiger partial charge in [0.25, 0.3) is 0 Å². The van der Waals surface area contributed by atoms with Gasteiger partial charge in [0, 0.05) is 36.3 Å². The van der Waals surface area contributed by atoms with Gasteiger partial charge in [-0.3, -0.25) is 0 Å². The molecule has 1 saturated carbocycles. The van der Waals surface area contributed by atoms with Gasteiger partial charge in [-0.15, -0.1) is 0 Å². The van der Waals surface area contributed by atoms with Crippen LogP contribution in [0.2, 0.25) is 0 Å². The van der Waals surface area contributed by atoms with Gasteiger partial charge in [-0.05, 0) is 69.8 Å². The third-order valence-electron chi connectivity index (χ3n) is 7.67. The van der Waals surface area contributed by atoms with Gasteiger partial charge >= 0.3 is 0 Å². The Bertz CT molecular complexity index is 941. The molecule has 0 amide bonds. The Labute approximate surface area is 243 Å². The van der Waals surface area contributed by atoms with Crippen molar-refractivity contribution in [2.75, 3.05) is 13.6 Å². The molecule has 6 atom stereocenters. The Morgan fingerprint density at radius 3 is 1.32 bits per heavy atom. The van der Waals surface area contributed by atoms with E-state index >= 15 is 0 Å². The molecular weight excluding hydrogens is 492 g/mol. The zero-order valence-electron chi connectivity index (χ0n) is 24.9. The van der Waals surface area contributed by atoms with Crippen LogP contribution in [-0.4, -0.2) is 31.7 Å². The summed E-state index contributed by atoms with van der Waals surface area (Å²) < 4.78 is 0. The molecule has 1 heterocycles. The topological polar surface area (TPSA) is 128 Å². The zero-order chi connectivity index (χ0) is 29.2. The fraction of sp³-hybridized carbons (Fsp3) is 0.471. The van der Waals surface area contributed by atoms with E-state index in [1.807, 2.05) is 73.8 Å². The lowest BCUT2D eigenvalue weighted by Gasteiger charge is -2.24. The van der Waals surface area contributed by atoms with E-state index in [0.29, 0.717) is 6.04 Å². The molecule has 0 spiro atoms. The lowest BCUT2D eigenvalue weighted by atomic mass is 9.92. The molecule has 0 aromatic heterocycles. The van der Waals surface area contributed by atoms with Gasteiger partial charge in [0.2, 0.25) is 0 Å². The largest absolute Gasteiger partial charge is 0.326 e. The van der Waals surface area contributed by atoms with Gasteiger partial charge in [0.15, 0.2) is 0 Å². The van der Waals surface area contributed by atoms with Crippen LogP contribution in [0.5, 0.6) is 0 Å². The second-order valence-corrected chi connectivity index (χ2v) is 10.9. The second-order valence-electron chi connectivity index (χ2n) is 10.9. The van der Waals surface area contributed by atoms with E-state index in [2.05, 4.69) is 48.7 Å². The Kier molecular flexibility index (Phi) is 16.4. The average Bonchev–Trinajstić information content (AvgIpc) is 3.50. The lowest BCUT2D eigenvalue weighted by molar-refractivity contribution is 0.385. The summed E-state index contributed by atoms with van der Waals surface area (Å²) in [7, 11) is 1.97. The fourth-order valence-electron chi connectivity index (χ4n) is 4.72. The summed E-state index contributed by atoms with van der Waals surface area (Å²) in [6.45, 7) is 5.61. The van der Waals surface area contributed by atoms with Crippen LogP contribution in [0.15, 0.2) is 91.0 Å². The first-order chi connectivity index (χ1) is 19.3. The van der Waals surface area contributed by atoms with Gasteiger partial charge < -0.3 is 33.6 Å². The molecule has 2 aliphatic rings. The highest BCUT2D eigenvalue weighted by molar-refractivity contribution is 5.26. The van der Waals surface area contributed by atoms with E-state index in [9.17, 15) is 0 Å². The van der Waals surface area contributed by atoms with Crippen molar-refractivity contribution < 1.29 is 0 Å². The smallest absolute Gasteiger partial charge is 0.0491 e. The summed E-state index contributed by atoms with van der Waals surface area (Å²) in [5.74, 6) is 0. The predicted octanol–water partition coefficient (Wildman–Crippen LogP) is 5.33. The van der Waals surface area contributed by atoms with Crippen molar-refractivity contribution in [3.8, 4) is 0 Å². The molecule has 0 radical (unpaired) electrons. The Hall–Kier alpha value is -2.58. The monoisotopic (exact) mass is 546 g/mol. The summed E-state index contributed by atoms with van der Waals surface area (Å²) in [6.07, 6.45) is 7.55. The standard InChI is InChI=1S/C14H16N2.C9H13N.C6H14N2.C5H11N/c15-13(11-7-3-1-4-8-11)14(16)12-9-5-2-6-10-12;1-8(10-2)9-6-4-3-5-7-9;7-5-3-1-2-4-6(5)8;1-5-3-2-4-6-5/h1-10,13-14H,15-16H2;3-8,10H,1-2H3;5-6H,1-4,7-8H2;5-6H,2-4H2,1H3. The second kappa shape index (κ2) is 19.5. The molecule has 3 aromatic rings. The maximum atomic E-state index is 6.15. The molecule has 1 aliphatic heterocycles. The number of hydrogen-bond donors (Lipinski definition) is 6. The molecular formula is C34H54N6. The van der Waals surface area contributed by atoms with Crippen molar-refractivity contribution in [1.29, 1.82) is 0 Å². The molecule has 6 heteroatoms. The fourth-order valence-corrected chi connectivity index (χ4v) is 4.72. The third kappa shape index (κ3) is 12.7. The van der Waals surface area contributed by atoms with Crippen LogP contribution in [0.1, 0.15) is 87.2 Å². The van der Waals surface area contributed by atoms with E-state index in [4.69, 9.17) is 22.9 Å². The van der Waals surface area contributed by atoms with Gasteiger partial charge in [-0.2, -0.15) is 0 Å². The van der Waals surface area contributed by atoms with Crippen molar-refractivity contribution >= 4 is 0 Å². The van der Waals surface area contributed by atoms with Crippen LogP contribution in [-0.2, 0) is 0 Å². The SMILES string of the molecule is CC1CCCN1.CNC(C)c1ccccc1.NC(c1ccccc1)C(N)c1ccccc1.NC1CCCCC1N. The Morgan fingerprint density at radius 1 is 0.650 bits per heavy atom.